The van der Waals surface area contributed by atoms with Crippen LogP contribution in [0.5, 0.6) is 0 Å². The normalized spacial score (nSPS) is 38.5. The molecule has 0 spiro atoms. The van der Waals surface area contributed by atoms with E-state index in [2.05, 4.69) is 4.99 Å². The van der Waals surface area contributed by atoms with Gasteiger partial charge in [-0.05, 0) is 31.6 Å². The molecule has 3 nitrogen and oxygen atoms in total. The van der Waals surface area contributed by atoms with Gasteiger partial charge in [-0.1, -0.05) is 19.3 Å². The number of rotatable bonds is 2. The Hall–Kier alpha value is -0.660. The monoisotopic (exact) mass is 195 g/mol. The van der Waals surface area contributed by atoms with Crippen LogP contribution in [0.25, 0.3) is 0 Å². The van der Waals surface area contributed by atoms with Crippen molar-refractivity contribution in [3.63, 3.8) is 0 Å². The molecule has 2 aliphatic rings. The minimum atomic E-state index is -0.242. The molecule has 2 fully saturated rings. The highest BCUT2D eigenvalue weighted by Gasteiger charge is 2.49. The van der Waals surface area contributed by atoms with Crippen LogP contribution in [0.2, 0.25) is 0 Å². The summed E-state index contributed by atoms with van der Waals surface area (Å²) in [4.78, 5) is 14.4. The summed E-state index contributed by atoms with van der Waals surface area (Å²) in [7, 11) is 0. The largest absolute Gasteiger partial charge is 0.393 e. The summed E-state index contributed by atoms with van der Waals surface area (Å²) < 4.78 is 0. The second-order valence-corrected chi connectivity index (χ2v) is 4.70. The molecule has 2 saturated carbocycles. The van der Waals surface area contributed by atoms with Crippen LogP contribution >= 0.6 is 0 Å². The first-order valence-electron chi connectivity index (χ1n) is 5.54. The molecule has 3 heteroatoms. The Balaban J connectivity index is 2.06. The summed E-state index contributed by atoms with van der Waals surface area (Å²) in [6.07, 6.45) is 8.93. The van der Waals surface area contributed by atoms with Crippen LogP contribution in [0.1, 0.15) is 44.9 Å². The second kappa shape index (κ2) is 3.84. The van der Waals surface area contributed by atoms with Gasteiger partial charge in [0.2, 0.25) is 6.08 Å². The molecule has 2 rings (SSSR count). The van der Waals surface area contributed by atoms with E-state index in [0.717, 1.165) is 12.8 Å². The highest BCUT2D eigenvalue weighted by Crippen LogP contribution is 2.47. The van der Waals surface area contributed by atoms with Gasteiger partial charge in [0.05, 0.1) is 11.6 Å². The van der Waals surface area contributed by atoms with E-state index in [1.807, 2.05) is 0 Å². The van der Waals surface area contributed by atoms with Crippen LogP contribution in [0.3, 0.4) is 0 Å². The van der Waals surface area contributed by atoms with E-state index in [9.17, 15) is 9.90 Å². The van der Waals surface area contributed by atoms with Gasteiger partial charge in [0.1, 0.15) is 0 Å². The van der Waals surface area contributed by atoms with Gasteiger partial charge in [0.15, 0.2) is 0 Å². The Labute approximate surface area is 84.2 Å². The molecule has 0 radical (unpaired) electrons. The zero-order valence-corrected chi connectivity index (χ0v) is 8.41. The summed E-state index contributed by atoms with van der Waals surface area (Å²) >= 11 is 0. The molecule has 0 aromatic carbocycles. The van der Waals surface area contributed by atoms with Gasteiger partial charge < -0.3 is 5.11 Å². The maximum Gasteiger partial charge on any atom is 0.235 e. The van der Waals surface area contributed by atoms with E-state index in [-0.39, 0.29) is 11.6 Å². The summed E-state index contributed by atoms with van der Waals surface area (Å²) in [5.74, 6) is 0.515. The van der Waals surface area contributed by atoms with Gasteiger partial charge in [0.25, 0.3) is 0 Å². The smallest absolute Gasteiger partial charge is 0.235 e. The minimum Gasteiger partial charge on any atom is -0.393 e. The first-order valence-corrected chi connectivity index (χ1v) is 5.54. The molecule has 0 aromatic heterocycles. The summed E-state index contributed by atoms with van der Waals surface area (Å²) in [5, 5.41) is 9.35. The van der Waals surface area contributed by atoms with Gasteiger partial charge in [-0.3, -0.25) is 0 Å². The maximum atomic E-state index is 10.4. The zero-order valence-electron chi connectivity index (χ0n) is 8.41. The van der Waals surface area contributed by atoms with Gasteiger partial charge in [-0.25, -0.2) is 4.79 Å². The fraction of sp³-hybridized carbons (Fsp3) is 0.909. The van der Waals surface area contributed by atoms with E-state index in [0.29, 0.717) is 18.8 Å². The van der Waals surface area contributed by atoms with Crippen LogP contribution in [-0.2, 0) is 4.79 Å². The topological polar surface area (TPSA) is 49.7 Å². The predicted molar refractivity (Wildman–Crippen MR) is 52.7 cm³/mol. The number of hydrogen-bond acceptors (Lipinski definition) is 3. The van der Waals surface area contributed by atoms with Crippen molar-refractivity contribution < 1.29 is 9.90 Å². The van der Waals surface area contributed by atoms with E-state index in [1.165, 1.54) is 19.3 Å². The number of aliphatic hydroxyl groups excluding tert-OH is 1. The summed E-state index contributed by atoms with van der Waals surface area (Å²) in [5.41, 5.74) is -0.235. The fourth-order valence-electron chi connectivity index (χ4n) is 3.00. The Morgan fingerprint density at radius 3 is 2.36 bits per heavy atom. The standard InChI is InChI=1S/C11H17NO2/c13-8-12-11(6-10(14)7-11)9-4-2-1-3-5-9/h9-10,14H,1-7H2. The van der Waals surface area contributed by atoms with E-state index in [4.69, 9.17) is 0 Å². The van der Waals surface area contributed by atoms with Crippen molar-refractivity contribution in [3.8, 4) is 0 Å². The van der Waals surface area contributed by atoms with Crippen LogP contribution < -0.4 is 0 Å². The average molecular weight is 195 g/mol. The summed E-state index contributed by atoms with van der Waals surface area (Å²) in [6.45, 7) is 0. The van der Waals surface area contributed by atoms with Crippen molar-refractivity contribution in [3.05, 3.63) is 0 Å². The molecule has 0 amide bonds. The number of nitrogens with zero attached hydrogens (tertiary/aromatic N) is 1. The molecule has 14 heavy (non-hydrogen) atoms. The molecule has 0 unspecified atom stereocenters. The molecule has 78 valence electrons. The Morgan fingerprint density at radius 1 is 1.21 bits per heavy atom. The highest BCUT2D eigenvalue weighted by atomic mass is 16.3. The number of aliphatic imine (C=N–C) groups is 1. The quantitative estimate of drug-likeness (QED) is 0.539. The zero-order chi connectivity index (χ0) is 10.0. The number of isocyanates is 1. The third kappa shape index (κ3) is 1.62. The molecule has 0 atom stereocenters. The van der Waals surface area contributed by atoms with Crippen molar-refractivity contribution in [1.29, 1.82) is 0 Å². The lowest BCUT2D eigenvalue weighted by molar-refractivity contribution is -0.0159. The molecule has 0 heterocycles. The molecule has 0 aromatic rings. The first-order chi connectivity index (χ1) is 6.77. The minimum absolute atomic E-state index is 0.235. The van der Waals surface area contributed by atoms with Gasteiger partial charge in [-0.15, -0.1) is 0 Å². The molecule has 0 bridgehead atoms. The van der Waals surface area contributed by atoms with Crippen molar-refractivity contribution in [1.82, 2.24) is 0 Å². The Kier molecular flexibility index (Phi) is 2.71. The Morgan fingerprint density at radius 2 is 1.86 bits per heavy atom. The highest BCUT2D eigenvalue weighted by molar-refractivity contribution is 5.36. The maximum absolute atomic E-state index is 10.4. The van der Waals surface area contributed by atoms with E-state index < -0.39 is 0 Å². The van der Waals surface area contributed by atoms with Crippen LogP contribution in [0.4, 0.5) is 0 Å². The molecule has 2 aliphatic carbocycles. The van der Waals surface area contributed by atoms with Crippen LogP contribution in [-0.4, -0.2) is 22.8 Å². The predicted octanol–water partition coefficient (Wildman–Crippen LogP) is 1.80. The van der Waals surface area contributed by atoms with Crippen LogP contribution in [0.15, 0.2) is 4.99 Å². The third-order valence-corrected chi connectivity index (χ3v) is 3.81. The first kappa shape index (κ1) is 9.88. The molecule has 0 aliphatic heterocycles. The Bertz CT molecular complexity index is 246. The number of aliphatic hydroxyl groups is 1. The van der Waals surface area contributed by atoms with Gasteiger partial charge in [-0.2, -0.15) is 4.99 Å². The fourth-order valence-corrected chi connectivity index (χ4v) is 3.00. The van der Waals surface area contributed by atoms with Crippen molar-refractivity contribution in [2.75, 3.05) is 0 Å². The van der Waals surface area contributed by atoms with Crippen molar-refractivity contribution >= 4 is 6.08 Å². The lowest BCUT2D eigenvalue weighted by Gasteiger charge is -2.47. The van der Waals surface area contributed by atoms with Crippen molar-refractivity contribution in [2.24, 2.45) is 10.9 Å². The summed E-state index contributed by atoms with van der Waals surface area (Å²) in [6, 6.07) is 0. The molecule has 0 saturated heterocycles. The van der Waals surface area contributed by atoms with E-state index >= 15 is 0 Å². The van der Waals surface area contributed by atoms with Crippen molar-refractivity contribution in [2.45, 2.75) is 56.6 Å². The van der Waals surface area contributed by atoms with Gasteiger partial charge in [0, 0.05) is 0 Å². The van der Waals surface area contributed by atoms with Crippen LogP contribution in [0, 0.1) is 5.92 Å². The molecule has 1 N–H and O–H groups in total. The SMILES string of the molecule is O=C=NC1(C2CCCCC2)CC(O)C1. The lowest BCUT2D eigenvalue weighted by atomic mass is 9.62. The van der Waals surface area contributed by atoms with E-state index in [1.54, 1.807) is 6.08 Å². The third-order valence-electron chi connectivity index (χ3n) is 3.81. The van der Waals surface area contributed by atoms with Gasteiger partial charge >= 0.3 is 0 Å². The second-order valence-electron chi connectivity index (χ2n) is 4.70. The number of carbonyl (C=O) groups excluding carboxylic acids is 1. The molecular weight excluding hydrogens is 178 g/mol. The average Bonchev–Trinajstić information content (AvgIpc) is 2.17. The lowest BCUT2D eigenvalue weighted by Crippen LogP contribution is -2.51. The number of hydrogen-bond donors (Lipinski definition) is 1. The molecular formula is C11H17NO2.